The van der Waals surface area contributed by atoms with Gasteiger partial charge in [-0.25, -0.2) is 9.78 Å². The standard InChI is InChI=1S/C15H18N2O3/c1-11-8-13(15(18)19)9-12(2)14(11)20-7-3-5-17-6-4-16-10-17/h4,6,8-10H,3,5,7H2,1-2H3,(H,18,19). The normalized spacial score (nSPS) is 10.5. The van der Waals surface area contributed by atoms with Crippen LogP contribution in [-0.2, 0) is 6.54 Å². The van der Waals surface area contributed by atoms with E-state index in [4.69, 9.17) is 9.84 Å². The Bertz CT molecular complexity index is 568. The van der Waals surface area contributed by atoms with Crippen LogP contribution in [0.2, 0.25) is 0 Å². The minimum absolute atomic E-state index is 0.297. The average molecular weight is 274 g/mol. The summed E-state index contributed by atoms with van der Waals surface area (Å²) in [5.74, 6) is -0.136. The minimum atomic E-state index is -0.914. The van der Waals surface area contributed by atoms with E-state index in [0.29, 0.717) is 12.2 Å². The average Bonchev–Trinajstić information content (AvgIpc) is 2.89. The molecule has 0 amide bonds. The molecule has 1 N–H and O–H groups in total. The van der Waals surface area contributed by atoms with Gasteiger partial charge in [0.25, 0.3) is 0 Å². The molecule has 5 heteroatoms. The summed E-state index contributed by atoms with van der Waals surface area (Å²) in [5.41, 5.74) is 2.00. The van der Waals surface area contributed by atoms with Gasteiger partial charge in [0.05, 0.1) is 18.5 Å². The van der Waals surface area contributed by atoms with Crippen molar-refractivity contribution in [3.63, 3.8) is 0 Å². The molecule has 0 atom stereocenters. The second-order valence-electron chi connectivity index (χ2n) is 4.75. The molecule has 0 aliphatic rings. The minimum Gasteiger partial charge on any atom is -0.493 e. The molecular weight excluding hydrogens is 256 g/mol. The van der Waals surface area contributed by atoms with Gasteiger partial charge in [0.1, 0.15) is 5.75 Å². The van der Waals surface area contributed by atoms with E-state index in [1.807, 2.05) is 24.6 Å². The Morgan fingerprint density at radius 2 is 2.05 bits per heavy atom. The number of hydrogen-bond acceptors (Lipinski definition) is 3. The zero-order valence-corrected chi connectivity index (χ0v) is 11.7. The smallest absolute Gasteiger partial charge is 0.335 e. The van der Waals surface area contributed by atoms with E-state index in [-0.39, 0.29) is 0 Å². The highest BCUT2D eigenvalue weighted by Gasteiger charge is 2.10. The van der Waals surface area contributed by atoms with Crippen LogP contribution in [0, 0.1) is 13.8 Å². The fourth-order valence-corrected chi connectivity index (χ4v) is 2.14. The van der Waals surface area contributed by atoms with Gasteiger partial charge >= 0.3 is 5.97 Å². The van der Waals surface area contributed by atoms with Crippen LogP contribution in [-0.4, -0.2) is 27.2 Å². The Kier molecular flexibility index (Phi) is 4.40. The molecule has 20 heavy (non-hydrogen) atoms. The van der Waals surface area contributed by atoms with E-state index in [1.165, 1.54) is 0 Å². The monoisotopic (exact) mass is 274 g/mol. The maximum Gasteiger partial charge on any atom is 0.335 e. The van der Waals surface area contributed by atoms with Gasteiger partial charge in [-0.15, -0.1) is 0 Å². The first-order valence-electron chi connectivity index (χ1n) is 6.51. The van der Waals surface area contributed by atoms with Crippen molar-refractivity contribution in [3.05, 3.63) is 47.5 Å². The van der Waals surface area contributed by atoms with Gasteiger partial charge in [-0.05, 0) is 43.5 Å². The first-order valence-corrected chi connectivity index (χ1v) is 6.51. The second-order valence-corrected chi connectivity index (χ2v) is 4.75. The lowest BCUT2D eigenvalue weighted by atomic mass is 10.1. The molecule has 2 aromatic rings. The number of ether oxygens (including phenoxy) is 1. The van der Waals surface area contributed by atoms with Crippen LogP contribution in [0.3, 0.4) is 0 Å². The summed E-state index contributed by atoms with van der Waals surface area (Å²) in [4.78, 5) is 14.9. The Morgan fingerprint density at radius 3 is 2.60 bits per heavy atom. The van der Waals surface area contributed by atoms with E-state index >= 15 is 0 Å². The van der Waals surface area contributed by atoms with Gasteiger partial charge in [0.15, 0.2) is 0 Å². The second kappa shape index (κ2) is 6.23. The van der Waals surface area contributed by atoms with Crippen LogP contribution < -0.4 is 4.74 Å². The summed E-state index contributed by atoms with van der Waals surface area (Å²) in [6, 6.07) is 3.28. The third kappa shape index (κ3) is 3.38. The maximum atomic E-state index is 11.0. The van der Waals surface area contributed by atoms with Crippen molar-refractivity contribution in [3.8, 4) is 5.75 Å². The molecule has 0 spiro atoms. The zero-order chi connectivity index (χ0) is 14.5. The van der Waals surface area contributed by atoms with Crippen molar-refractivity contribution in [2.75, 3.05) is 6.61 Å². The van der Waals surface area contributed by atoms with Crippen LogP contribution in [0.15, 0.2) is 30.9 Å². The largest absolute Gasteiger partial charge is 0.493 e. The van der Waals surface area contributed by atoms with E-state index < -0.39 is 5.97 Å². The molecule has 0 saturated heterocycles. The number of benzene rings is 1. The molecule has 0 radical (unpaired) electrons. The van der Waals surface area contributed by atoms with Crippen molar-refractivity contribution in [2.24, 2.45) is 0 Å². The Hall–Kier alpha value is -2.30. The molecular formula is C15H18N2O3. The number of aromatic nitrogens is 2. The lowest BCUT2D eigenvalue weighted by molar-refractivity contribution is 0.0696. The van der Waals surface area contributed by atoms with Gasteiger partial charge in [-0.3, -0.25) is 0 Å². The molecule has 1 aromatic carbocycles. The molecule has 0 bridgehead atoms. The zero-order valence-electron chi connectivity index (χ0n) is 11.7. The highest BCUT2D eigenvalue weighted by molar-refractivity contribution is 5.88. The molecule has 1 aromatic heterocycles. The summed E-state index contributed by atoms with van der Waals surface area (Å²) in [7, 11) is 0. The maximum absolute atomic E-state index is 11.0. The number of carboxylic acid groups (broad SMARTS) is 1. The van der Waals surface area contributed by atoms with Gasteiger partial charge in [0, 0.05) is 18.9 Å². The predicted octanol–water partition coefficient (Wildman–Crippen LogP) is 2.67. The lowest BCUT2D eigenvalue weighted by Crippen LogP contribution is -2.06. The van der Waals surface area contributed by atoms with Gasteiger partial charge < -0.3 is 14.4 Å². The summed E-state index contributed by atoms with van der Waals surface area (Å²) in [6.45, 7) is 5.17. The van der Waals surface area contributed by atoms with Crippen LogP contribution in [0.1, 0.15) is 27.9 Å². The van der Waals surface area contributed by atoms with Crippen molar-refractivity contribution in [1.82, 2.24) is 9.55 Å². The number of rotatable bonds is 6. The molecule has 0 saturated carbocycles. The van der Waals surface area contributed by atoms with E-state index in [0.717, 1.165) is 29.8 Å². The van der Waals surface area contributed by atoms with Crippen molar-refractivity contribution >= 4 is 5.97 Å². The highest BCUT2D eigenvalue weighted by atomic mass is 16.5. The molecule has 0 aliphatic carbocycles. The fraction of sp³-hybridized carbons (Fsp3) is 0.333. The quantitative estimate of drug-likeness (QED) is 0.822. The molecule has 106 valence electrons. The number of aromatic carboxylic acids is 1. The van der Waals surface area contributed by atoms with Crippen LogP contribution in [0.25, 0.3) is 0 Å². The molecule has 5 nitrogen and oxygen atoms in total. The van der Waals surface area contributed by atoms with Gasteiger partial charge in [-0.1, -0.05) is 0 Å². The topological polar surface area (TPSA) is 64.3 Å². The summed E-state index contributed by atoms with van der Waals surface area (Å²) in [5, 5.41) is 8.99. The summed E-state index contributed by atoms with van der Waals surface area (Å²) in [6.07, 6.45) is 6.31. The van der Waals surface area contributed by atoms with E-state index in [9.17, 15) is 4.79 Å². The van der Waals surface area contributed by atoms with Gasteiger partial charge in [0.2, 0.25) is 0 Å². The summed E-state index contributed by atoms with van der Waals surface area (Å²) < 4.78 is 7.77. The SMILES string of the molecule is Cc1cc(C(=O)O)cc(C)c1OCCCn1ccnc1. The number of carbonyl (C=O) groups is 1. The lowest BCUT2D eigenvalue weighted by Gasteiger charge is -2.13. The third-order valence-electron chi connectivity index (χ3n) is 3.07. The predicted molar refractivity (Wildman–Crippen MR) is 75.2 cm³/mol. The van der Waals surface area contributed by atoms with Crippen LogP contribution >= 0.6 is 0 Å². The number of hydrogen-bond donors (Lipinski definition) is 1. The highest BCUT2D eigenvalue weighted by Crippen LogP contribution is 2.25. The van der Waals surface area contributed by atoms with Crippen molar-refractivity contribution in [1.29, 1.82) is 0 Å². The first-order chi connectivity index (χ1) is 9.58. The molecule has 1 heterocycles. The number of carboxylic acids is 1. The number of nitrogens with zero attached hydrogens (tertiary/aromatic N) is 2. The Balaban J connectivity index is 1.94. The number of imidazole rings is 1. The number of aryl methyl sites for hydroxylation is 3. The van der Waals surface area contributed by atoms with E-state index in [1.54, 1.807) is 24.7 Å². The van der Waals surface area contributed by atoms with Crippen LogP contribution in [0.4, 0.5) is 0 Å². The Labute approximate surface area is 117 Å². The van der Waals surface area contributed by atoms with Crippen molar-refractivity contribution in [2.45, 2.75) is 26.8 Å². The molecule has 2 rings (SSSR count). The first kappa shape index (κ1) is 14.1. The third-order valence-corrected chi connectivity index (χ3v) is 3.07. The molecule has 0 aliphatic heterocycles. The van der Waals surface area contributed by atoms with E-state index in [2.05, 4.69) is 4.98 Å². The molecule has 0 unspecified atom stereocenters. The van der Waals surface area contributed by atoms with Gasteiger partial charge in [-0.2, -0.15) is 0 Å². The Morgan fingerprint density at radius 1 is 1.35 bits per heavy atom. The van der Waals surface area contributed by atoms with Crippen LogP contribution in [0.5, 0.6) is 5.75 Å². The van der Waals surface area contributed by atoms with Crippen molar-refractivity contribution < 1.29 is 14.6 Å². The molecule has 0 fully saturated rings. The summed E-state index contributed by atoms with van der Waals surface area (Å²) >= 11 is 0. The fourth-order valence-electron chi connectivity index (χ4n) is 2.14.